The molecule has 0 bridgehead atoms. The molecule has 4 rings (SSSR count). The Balaban J connectivity index is 1.46. The second-order valence-corrected chi connectivity index (χ2v) is 11.2. The van der Waals surface area contributed by atoms with Crippen LogP contribution in [0, 0.1) is 13.8 Å². The SMILES string of the molecule is Cc1cc(C(=O)COC(=O)c2csc3c2CCCC3)c(C)n1C1CCS(=O)(=O)C1. The van der Waals surface area contributed by atoms with Crippen molar-refractivity contribution in [3.05, 3.63) is 44.4 Å². The Bertz CT molecular complexity index is 1080. The summed E-state index contributed by atoms with van der Waals surface area (Å²) in [6.45, 7) is 3.39. The molecule has 0 aromatic carbocycles. The first-order chi connectivity index (χ1) is 13.8. The number of aryl methyl sites for hydroxylation is 2. The average Bonchev–Trinajstić information content (AvgIpc) is 3.34. The number of thiophene rings is 1. The number of rotatable bonds is 5. The summed E-state index contributed by atoms with van der Waals surface area (Å²) in [5, 5.41) is 1.84. The molecular formula is C21H25NO5S2. The van der Waals surface area contributed by atoms with Gasteiger partial charge in [0.15, 0.2) is 16.4 Å². The second kappa shape index (κ2) is 7.72. The Hall–Kier alpha value is -1.93. The van der Waals surface area contributed by atoms with E-state index >= 15 is 0 Å². The van der Waals surface area contributed by atoms with Gasteiger partial charge in [0, 0.05) is 33.3 Å². The lowest BCUT2D eigenvalue weighted by molar-refractivity contribution is 0.0473. The Morgan fingerprint density at radius 1 is 1.21 bits per heavy atom. The first-order valence-electron chi connectivity index (χ1n) is 9.95. The minimum atomic E-state index is -3.02. The number of nitrogens with zero attached hydrogens (tertiary/aromatic N) is 1. The largest absolute Gasteiger partial charge is 0.454 e. The van der Waals surface area contributed by atoms with Crippen molar-refractivity contribution in [2.75, 3.05) is 18.1 Å². The van der Waals surface area contributed by atoms with Crippen LogP contribution in [0.5, 0.6) is 0 Å². The fraction of sp³-hybridized carbons (Fsp3) is 0.524. The number of hydrogen-bond donors (Lipinski definition) is 0. The number of hydrogen-bond acceptors (Lipinski definition) is 6. The molecule has 3 heterocycles. The van der Waals surface area contributed by atoms with Crippen LogP contribution in [0.1, 0.15) is 67.8 Å². The lowest BCUT2D eigenvalue weighted by Gasteiger charge is -2.16. The molecule has 1 aliphatic carbocycles. The summed E-state index contributed by atoms with van der Waals surface area (Å²) in [5.74, 6) is -0.411. The highest BCUT2D eigenvalue weighted by Crippen LogP contribution is 2.31. The van der Waals surface area contributed by atoms with Gasteiger partial charge in [0.1, 0.15) is 0 Å². The fourth-order valence-electron chi connectivity index (χ4n) is 4.55. The van der Waals surface area contributed by atoms with E-state index in [9.17, 15) is 18.0 Å². The second-order valence-electron chi connectivity index (χ2n) is 7.97. The maximum atomic E-state index is 12.7. The Morgan fingerprint density at radius 2 is 1.97 bits per heavy atom. The predicted molar refractivity (Wildman–Crippen MR) is 112 cm³/mol. The minimum absolute atomic E-state index is 0.106. The van der Waals surface area contributed by atoms with Gasteiger partial charge in [0.05, 0.1) is 17.1 Å². The Kier molecular flexibility index (Phi) is 5.42. The minimum Gasteiger partial charge on any atom is -0.454 e. The van der Waals surface area contributed by atoms with E-state index in [2.05, 4.69) is 0 Å². The van der Waals surface area contributed by atoms with Crippen LogP contribution in [0.3, 0.4) is 0 Å². The predicted octanol–water partition coefficient (Wildman–Crippen LogP) is 3.44. The van der Waals surface area contributed by atoms with Crippen molar-refractivity contribution in [1.82, 2.24) is 4.57 Å². The molecule has 1 saturated heterocycles. The lowest BCUT2D eigenvalue weighted by atomic mass is 9.96. The Labute approximate surface area is 174 Å². The number of esters is 1. The molecule has 6 nitrogen and oxygen atoms in total. The smallest absolute Gasteiger partial charge is 0.339 e. The number of aromatic nitrogens is 1. The van der Waals surface area contributed by atoms with Gasteiger partial charge in [-0.05, 0) is 57.6 Å². The number of carbonyl (C=O) groups is 2. The van der Waals surface area contributed by atoms with Crippen LogP contribution in [-0.4, -0.2) is 42.9 Å². The van der Waals surface area contributed by atoms with Gasteiger partial charge in [-0.3, -0.25) is 4.79 Å². The molecule has 156 valence electrons. The van der Waals surface area contributed by atoms with Gasteiger partial charge in [-0.1, -0.05) is 0 Å². The van der Waals surface area contributed by atoms with E-state index in [1.165, 1.54) is 4.88 Å². The molecular weight excluding hydrogens is 410 g/mol. The highest BCUT2D eigenvalue weighted by molar-refractivity contribution is 7.91. The van der Waals surface area contributed by atoms with Gasteiger partial charge in [-0.15, -0.1) is 11.3 Å². The fourth-order valence-corrected chi connectivity index (χ4v) is 7.37. The third kappa shape index (κ3) is 3.92. The summed E-state index contributed by atoms with van der Waals surface area (Å²) in [6.07, 6.45) is 4.69. The summed E-state index contributed by atoms with van der Waals surface area (Å²) in [4.78, 5) is 26.5. The van der Waals surface area contributed by atoms with E-state index in [1.54, 1.807) is 17.4 Å². The summed E-state index contributed by atoms with van der Waals surface area (Å²) in [5.41, 5.74) is 3.76. The van der Waals surface area contributed by atoms with E-state index < -0.39 is 15.8 Å². The summed E-state index contributed by atoms with van der Waals surface area (Å²) >= 11 is 1.59. The van der Waals surface area contributed by atoms with Crippen LogP contribution in [-0.2, 0) is 27.4 Å². The van der Waals surface area contributed by atoms with Crippen LogP contribution < -0.4 is 0 Å². The number of ketones is 1. The zero-order valence-electron chi connectivity index (χ0n) is 16.7. The number of sulfone groups is 1. The monoisotopic (exact) mass is 435 g/mol. The van der Waals surface area contributed by atoms with Crippen LogP contribution in [0.15, 0.2) is 11.4 Å². The molecule has 1 fully saturated rings. The van der Waals surface area contributed by atoms with Crippen molar-refractivity contribution in [1.29, 1.82) is 0 Å². The van der Waals surface area contributed by atoms with E-state index in [1.807, 2.05) is 23.8 Å². The lowest BCUT2D eigenvalue weighted by Crippen LogP contribution is -2.17. The molecule has 0 spiro atoms. The maximum absolute atomic E-state index is 12.7. The standard InChI is InChI=1S/C21H25NO5S2/c1-13-9-17(14(2)22(13)15-7-8-29(25,26)12-15)19(23)10-27-21(24)18-11-28-20-6-4-3-5-16(18)20/h9,11,15H,3-8,10,12H2,1-2H3. The van der Waals surface area contributed by atoms with Crippen LogP contribution in [0.4, 0.5) is 0 Å². The van der Waals surface area contributed by atoms with Gasteiger partial charge in [0.25, 0.3) is 0 Å². The molecule has 29 heavy (non-hydrogen) atoms. The molecule has 1 aliphatic heterocycles. The van der Waals surface area contributed by atoms with Crippen molar-refractivity contribution in [3.8, 4) is 0 Å². The molecule has 2 aromatic heterocycles. The van der Waals surface area contributed by atoms with Crippen LogP contribution >= 0.6 is 11.3 Å². The van der Waals surface area contributed by atoms with Crippen LogP contribution in [0.25, 0.3) is 0 Å². The molecule has 0 amide bonds. The van der Waals surface area contributed by atoms with Crippen molar-refractivity contribution >= 4 is 32.9 Å². The van der Waals surface area contributed by atoms with Crippen molar-refractivity contribution in [2.45, 2.75) is 52.0 Å². The number of fused-ring (bicyclic) bond motifs is 1. The summed E-state index contributed by atoms with van der Waals surface area (Å²) in [7, 11) is -3.02. The third-order valence-corrected chi connectivity index (χ3v) is 8.81. The molecule has 8 heteroatoms. The molecule has 2 aromatic rings. The van der Waals surface area contributed by atoms with Gasteiger partial charge >= 0.3 is 5.97 Å². The quantitative estimate of drug-likeness (QED) is 0.531. The third-order valence-electron chi connectivity index (χ3n) is 5.97. The van der Waals surface area contributed by atoms with Crippen molar-refractivity contribution in [3.63, 3.8) is 0 Å². The highest BCUT2D eigenvalue weighted by Gasteiger charge is 2.32. The molecule has 1 unspecified atom stereocenters. The van der Waals surface area contributed by atoms with Crippen LogP contribution in [0.2, 0.25) is 0 Å². The van der Waals surface area contributed by atoms with E-state index in [4.69, 9.17) is 4.74 Å². The first kappa shape index (κ1) is 20.3. The van der Waals surface area contributed by atoms with Crippen molar-refractivity contribution < 1.29 is 22.7 Å². The zero-order valence-corrected chi connectivity index (χ0v) is 18.3. The van der Waals surface area contributed by atoms with Crippen molar-refractivity contribution in [2.24, 2.45) is 0 Å². The first-order valence-corrected chi connectivity index (χ1v) is 12.7. The molecule has 0 N–H and O–H groups in total. The summed E-state index contributed by atoms with van der Waals surface area (Å²) < 4.78 is 30.9. The van der Waals surface area contributed by atoms with E-state index in [0.29, 0.717) is 17.5 Å². The normalized spacial score (nSPS) is 20.4. The molecule has 0 saturated carbocycles. The van der Waals surface area contributed by atoms with Gasteiger partial charge in [0.2, 0.25) is 5.78 Å². The summed E-state index contributed by atoms with van der Waals surface area (Å²) in [6, 6.07) is 1.63. The average molecular weight is 436 g/mol. The number of carbonyl (C=O) groups excluding carboxylic acids is 2. The maximum Gasteiger partial charge on any atom is 0.339 e. The van der Waals surface area contributed by atoms with Gasteiger partial charge in [-0.2, -0.15) is 0 Å². The molecule has 1 atom stereocenters. The van der Waals surface area contributed by atoms with E-state index in [0.717, 1.165) is 42.6 Å². The Morgan fingerprint density at radius 3 is 2.69 bits per heavy atom. The van der Waals surface area contributed by atoms with Gasteiger partial charge < -0.3 is 9.30 Å². The zero-order chi connectivity index (χ0) is 20.8. The molecule has 2 aliphatic rings. The topological polar surface area (TPSA) is 82.4 Å². The molecule has 0 radical (unpaired) electrons. The van der Waals surface area contributed by atoms with Gasteiger partial charge in [-0.25, -0.2) is 13.2 Å². The highest BCUT2D eigenvalue weighted by atomic mass is 32.2. The number of Topliss-reactive ketones (excluding diaryl/α,β-unsaturated/α-hetero) is 1. The number of ether oxygens (including phenoxy) is 1. The van der Waals surface area contributed by atoms with E-state index in [-0.39, 0.29) is 29.9 Å².